The van der Waals surface area contributed by atoms with E-state index in [9.17, 15) is 4.79 Å². The Hall–Kier alpha value is -1.92. The standard InChI is InChI=1S/C14H13ClN4OS/c1-10(21-14-16-7-4-8-17-14)13(20)19-18-9-11-5-2-3-6-12(11)15/h2-10H,1H3,(H,19,20)/t10-/m0/s1. The molecule has 1 aromatic heterocycles. The number of carbonyl (C=O) groups excluding carboxylic acids is 1. The topological polar surface area (TPSA) is 67.2 Å². The molecular weight excluding hydrogens is 308 g/mol. The molecule has 0 saturated carbocycles. The van der Waals surface area contributed by atoms with Crippen LogP contribution in [-0.4, -0.2) is 27.3 Å². The zero-order valence-corrected chi connectivity index (χ0v) is 12.8. The van der Waals surface area contributed by atoms with Gasteiger partial charge >= 0.3 is 0 Å². The minimum atomic E-state index is -0.351. The van der Waals surface area contributed by atoms with Crippen molar-refractivity contribution in [2.45, 2.75) is 17.3 Å². The molecule has 0 unspecified atom stereocenters. The summed E-state index contributed by atoms with van der Waals surface area (Å²) in [4.78, 5) is 20.0. The Labute approximate surface area is 131 Å². The number of aromatic nitrogens is 2. The molecule has 0 radical (unpaired) electrons. The summed E-state index contributed by atoms with van der Waals surface area (Å²) in [6.07, 6.45) is 4.78. The first-order chi connectivity index (χ1) is 10.2. The number of hydrogen-bond donors (Lipinski definition) is 1. The molecule has 1 N–H and O–H groups in total. The summed E-state index contributed by atoms with van der Waals surface area (Å²) in [6.45, 7) is 1.77. The molecule has 1 atom stereocenters. The highest BCUT2D eigenvalue weighted by molar-refractivity contribution is 8.00. The molecule has 1 aromatic carbocycles. The van der Waals surface area contributed by atoms with E-state index in [0.29, 0.717) is 10.2 Å². The first kappa shape index (κ1) is 15.5. The van der Waals surface area contributed by atoms with E-state index < -0.39 is 0 Å². The van der Waals surface area contributed by atoms with Crippen molar-refractivity contribution in [2.75, 3.05) is 0 Å². The molecule has 2 rings (SSSR count). The maximum atomic E-state index is 11.9. The van der Waals surface area contributed by atoms with Crippen LogP contribution in [0.4, 0.5) is 0 Å². The van der Waals surface area contributed by atoms with E-state index in [1.165, 1.54) is 18.0 Å². The van der Waals surface area contributed by atoms with E-state index in [0.717, 1.165) is 5.56 Å². The smallest absolute Gasteiger partial charge is 0.253 e. The molecule has 0 aliphatic heterocycles. The minimum absolute atomic E-state index is 0.226. The molecule has 0 saturated heterocycles. The lowest BCUT2D eigenvalue weighted by molar-refractivity contribution is -0.120. The van der Waals surface area contributed by atoms with Crippen LogP contribution in [0.2, 0.25) is 5.02 Å². The van der Waals surface area contributed by atoms with Crippen LogP contribution in [0.3, 0.4) is 0 Å². The zero-order valence-electron chi connectivity index (χ0n) is 11.2. The third-order valence-electron chi connectivity index (χ3n) is 2.48. The molecule has 5 nitrogen and oxygen atoms in total. The Bertz CT molecular complexity index is 636. The van der Waals surface area contributed by atoms with E-state index in [1.54, 1.807) is 31.5 Å². The van der Waals surface area contributed by atoms with Crippen molar-refractivity contribution in [1.82, 2.24) is 15.4 Å². The second kappa shape index (κ2) is 7.75. The number of nitrogens with one attached hydrogen (secondary N) is 1. The first-order valence-electron chi connectivity index (χ1n) is 6.18. The number of hydrazone groups is 1. The van der Waals surface area contributed by atoms with Gasteiger partial charge in [-0.25, -0.2) is 15.4 Å². The van der Waals surface area contributed by atoms with Gasteiger partial charge in [-0.2, -0.15) is 5.10 Å². The SMILES string of the molecule is C[C@H](Sc1ncccn1)C(=O)NN=Cc1ccccc1Cl. The number of benzene rings is 1. The van der Waals surface area contributed by atoms with Crippen LogP contribution in [0.1, 0.15) is 12.5 Å². The molecule has 0 spiro atoms. The predicted octanol–water partition coefficient (Wildman–Crippen LogP) is 2.76. The van der Waals surface area contributed by atoms with Crippen LogP contribution in [0.25, 0.3) is 0 Å². The largest absolute Gasteiger partial charge is 0.272 e. The van der Waals surface area contributed by atoms with Gasteiger partial charge < -0.3 is 0 Å². The maximum absolute atomic E-state index is 11.9. The maximum Gasteiger partial charge on any atom is 0.253 e. The lowest BCUT2D eigenvalue weighted by atomic mass is 10.2. The Balaban J connectivity index is 1.88. The summed E-state index contributed by atoms with van der Waals surface area (Å²) >= 11 is 7.25. The number of rotatable bonds is 5. The predicted molar refractivity (Wildman–Crippen MR) is 84.5 cm³/mol. The molecule has 2 aromatic rings. The summed E-state index contributed by atoms with van der Waals surface area (Å²) in [6, 6.07) is 8.98. The van der Waals surface area contributed by atoms with E-state index >= 15 is 0 Å². The van der Waals surface area contributed by atoms with Crippen molar-refractivity contribution in [2.24, 2.45) is 5.10 Å². The zero-order chi connectivity index (χ0) is 15.1. The van der Waals surface area contributed by atoms with Gasteiger partial charge in [0.25, 0.3) is 5.91 Å². The van der Waals surface area contributed by atoms with E-state index in [1.807, 2.05) is 18.2 Å². The fourth-order valence-corrected chi connectivity index (χ4v) is 2.30. The molecule has 7 heteroatoms. The third kappa shape index (κ3) is 4.84. The van der Waals surface area contributed by atoms with Gasteiger partial charge in [-0.1, -0.05) is 41.6 Å². The second-order valence-corrected chi connectivity index (χ2v) is 5.76. The summed E-state index contributed by atoms with van der Waals surface area (Å²) in [7, 11) is 0. The first-order valence-corrected chi connectivity index (χ1v) is 7.43. The highest BCUT2D eigenvalue weighted by Gasteiger charge is 2.14. The van der Waals surface area contributed by atoms with Crippen LogP contribution in [-0.2, 0) is 4.79 Å². The summed E-state index contributed by atoms with van der Waals surface area (Å²) in [5.74, 6) is -0.226. The van der Waals surface area contributed by atoms with Crippen molar-refractivity contribution in [3.8, 4) is 0 Å². The van der Waals surface area contributed by atoms with Gasteiger partial charge in [0.2, 0.25) is 0 Å². The van der Waals surface area contributed by atoms with Gasteiger partial charge in [0.15, 0.2) is 5.16 Å². The highest BCUT2D eigenvalue weighted by atomic mass is 35.5. The average Bonchev–Trinajstić information content (AvgIpc) is 2.50. The molecule has 0 bridgehead atoms. The van der Waals surface area contributed by atoms with E-state index in [2.05, 4.69) is 20.5 Å². The van der Waals surface area contributed by atoms with Crippen molar-refractivity contribution >= 4 is 35.5 Å². The molecule has 0 fully saturated rings. The van der Waals surface area contributed by atoms with Gasteiger partial charge in [-0.15, -0.1) is 0 Å². The number of thioether (sulfide) groups is 1. The minimum Gasteiger partial charge on any atom is -0.272 e. The molecule has 108 valence electrons. The van der Waals surface area contributed by atoms with Gasteiger partial charge in [-0.3, -0.25) is 4.79 Å². The molecular formula is C14H13ClN4OS. The van der Waals surface area contributed by atoms with Crippen molar-refractivity contribution in [1.29, 1.82) is 0 Å². The van der Waals surface area contributed by atoms with Gasteiger partial charge in [-0.05, 0) is 19.1 Å². The van der Waals surface area contributed by atoms with Crippen LogP contribution in [0.15, 0.2) is 53.0 Å². The van der Waals surface area contributed by atoms with E-state index in [4.69, 9.17) is 11.6 Å². The number of nitrogens with zero attached hydrogens (tertiary/aromatic N) is 3. The molecule has 1 amide bonds. The average molecular weight is 321 g/mol. The normalized spacial score (nSPS) is 12.3. The molecule has 0 aliphatic carbocycles. The Morgan fingerprint density at radius 2 is 2.05 bits per heavy atom. The second-order valence-electron chi connectivity index (χ2n) is 4.05. The fourth-order valence-electron chi connectivity index (χ4n) is 1.39. The number of carbonyl (C=O) groups is 1. The van der Waals surface area contributed by atoms with Gasteiger partial charge in [0, 0.05) is 23.0 Å². The van der Waals surface area contributed by atoms with Crippen LogP contribution < -0.4 is 5.43 Å². The van der Waals surface area contributed by atoms with Crippen molar-refractivity contribution in [3.05, 3.63) is 53.3 Å². The fraction of sp³-hybridized carbons (Fsp3) is 0.143. The lowest BCUT2D eigenvalue weighted by Crippen LogP contribution is -2.27. The number of hydrogen-bond acceptors (Lipinski definition) is 5. The number of amides is 1. The van der Waals surface area contributed by atoms with Gasteiger partial charge in [0.05, 0.1) is 11.5 Å². The van der Waals surface area contributed by atoms with Crippen molar-refractivity contribution in [3.63, 3.8) is 0 Å². The monoisotopic (exact) mass is 320 g/mol. The summed E-state index contributed by atoms with van der Waals surface area (Å²) < 4.78 is 0. The Kier molecular flexibility index (Phi) is 5.71. The van der Waals surface area contributed by atoms with E-state index in [-0.39, 0.29) is 11.2 Å². The quantitative estimate of drug-likeness (QED) is 0.398. The lowest BCUT2D eigenvalue weighted by Gasteiger charge is -2.07. The van der Waals surface area contributed by atoms with Crippen LogP contribution in [0.5, 0.6) is 0 Å². The molecule has 0 aliphatic rings. The van der Waals surface area contributed by atoms with Gasteiger partial charge in [0.1, 0.15) is 0 Å². The molecule has 21 heavy (non-hydrogen) atoms. The summed E-state index contributed by atoms with van der Waals surface area (Å²) in [5, 5.41) is 4.68. The Morgan fingerprint density at radius 3 is 2.76 bits per heavy atom. The van der Waals surface area contributed by atoms with Crippen LogP contribution in [0, 0.1) is 0 Å². The highest BCUT2D eigenvalue weighted by Crippen LogP contribution is 2.18. The number of halogens is 1. The Morgan fingerprint density at radius 1 is 1.33 bits per heavy atom. The summed E-state index contributed by atoms with van der Waals surface area (Å²) in [5.41, 5.74) is 3.22. The van der Waals surface area contributed by atoms with Crippen molar-refractivity contribution < 1.29 is 4.79 Å². The third-order valence-corrected chi connectivity index (χ3v) is 3.81. The van der Waals surface area contributed by atoms with Crippen LogP contribution >= 0.6 is 23.4 Å². The molecule has 1 heterocycles.